The minimum absolute atomic E-state index is 0.279. The first-order valence-corrected chi connectivity index (χ1v) is 7.29. The van der Waals surface area contributed by atoms with Gasteiger partial charge in [0.2, 0.25) is 0 Å². The molecule has 0 aliphatic carbocycles. The number of hydrogen-bond donors (Lipinski definition) is 1. The molecule has 1 atom stereocenters. The van der Waals surface area contributed by atoms with Crippen LogP contribution in [0, 0.1) is 6.92 Å². The predicted octanol–water partition coefficient (Wildman–Crippen LogP) is 3.52. The van der Waals surface area contributed by atoms with Crippen LogP contribution in [0.4, 0.5) is 0 Å². The smallest absolute Gasteiger partial charge is 0.0473 e. The van der Waals surface area contributed by atoms with E-state index in [4.69, 9.17) is 5.73 Å². The summed E-state index contributed by atoms with van der Waals surface area (Å²) in [5.74, 6) is 0. The maximum Gasteiger partial charge on any atom is 0.0473 e. The maximum atomic E-state index is 6.03. The molecule has 2 aromatic carbocycles. The standard InChI is InChI=1S/C18H24N2/c1-3-20(14-16-7-5-4-6-8-16)18(13-19)17-11-9-15(2)10-12-17/h4-12,18H,3,13-14,19H2,1-2H3. The van der Waals surface area contributed by atoms with Crippen LogP contribution in [-0.4, -0.2) is 18.0 Å². The van der Waals surface area contributed by atoms with Crippen LogP contribution in [-0.2, 0) is 6.54 Å². The van der Waals surface area contributed by atoms with E-state index in [1.54, 1.807) is 0 Å². The van der Waals surface area contributed by atoms with Crippen molar-refractivity contribution in [1.29, 1.82) is 0 Å². The second-order valence-electron chi connectivity index (χ2n) is 5.21. The van der Waals surface area contributed by atoms with Gasteiger partial charge in [-0.2, -0.15) is 0 Å². The molecule has 20 heavy (non-hydrogen) atoms. The lowest BCUT2D eigenvalue weighted by Gasteiger charge is -2.30. The molecule has 2 N–H and O–H groups in total. The Morgan fingerprint density at radius 3 is 2.20 bits per heavy atom. The molecule has 2 aromatic rings. The molecule has 106 valence electrons. The number of rotatable bonds is 6. The molecule has 2 heteroatoms. The first kappa shape index (κ1) is 14.8. The van der Waals surface area contributed by atoms with Gasteiger partial charge in [-0.05, 0) is 24.6 Å². The van der Waals surface area contributed by atoms with Gasteiger partial charge < -0.3 is 5.73 Å². The highest BCUT2D eigenvalue weighted by atomic mass is 15.2. The number of benzene rings is 2. The number of likely N-dealkylation sites (N-methyl/N-ethyl adjacent to an activating group) is 1. The summed E-state index contributed by atoms with van der Waals surface area (Å²) in [6.07, 6.45) is 0. The summed E-state index contributed by atoms with van der Waals surface area (Å²) in [6.45, 7) is 6.88. The van der Waals surface area contributed by atoms with Crippen molar-refractivity contribution in [3.63, 3.8) is 0 Å². The first-order chi connectivity index (χ1) is 9.74. The minimum Gasteiger partial charge on any atom is -0.329 e. The number of hydrogen-bond acceptors (Lipinski definition) is 2. The highest BCUT2D eigenvalue weighted by molar-refractivity contribution is 5.25. The van der Waals surface area contributed by atoms with Gasteiger partial charge >= 0.3 is 0 Å². The SMILES string of the molecule is CCN(Cc1ccccc1)C(CN)c1ccc(C)cc1. The molecule has 0 heterocycles. The van der Waals surface area contributed by atoms with Crippen molar-refractivity contribution < 1.29 is 0 Å². The van der Waals surface area contributed by atoms with Gasteiger partial charge in [-0.3, -0.25) is 4.90 Å². The van der Waals surface area contributed by atoms with Crippen molar-refractivity contribution in [3.05, 3.63) is 71.3 Å². The Bertz CT molecular complexity index is 505. The molecule has 0 amide bonds. The van der Waals surface area contributed by atoms with Crippen molar-refractivity contribution in [2.24, 2.45) is 5.73 Å². The van der Waals surface area contributed by atoms with E-state index < -0.39 is 0 Å². The van der Waals surface area contributed by atoms with Crippen molar-refractivity contribution in [1.82, 2.24) is 4.90 Å². The van der Waals surface area contributed by atoms with Crippen LogP contribution in [0.3, 0.4) is 0 Å². The number of aryl methyl sites for hydroxylation is 1. The van der Waals surface area contributed by atoms with Crippen molar-refractivity contribution >= 4 is 0 Å². The molecule has 0 aliphatic heterocycles. The van der Waals surface area contributed by atoms with Gasteiger partial charge in [-0.15, -0.1) is 0 Å². The van der Waals surface area contributed by atoms with E-state index in [0.717, 1.165) is 13.1 Å². The molecular weight excluding hydrogens is 244 g/mol. The van der Waals surface area contributed by atoms with E-state index in [9.17, 15) is 0 Å². The lowest BCUT2D eigenvalue weighted by atomic mass is 10.0. The van der Waals surface area contributed by atoms with Crippen molar-refractivity contribution in [3.8, 4) is 0 Å². The summed E-state index contributed by atoms with van der Waals surface area (Å²) in [5.41, 5.74) is 9.95. The molecule has 1 unspecified atom stereocenters. The van der Waals surface area contributed by atoms with Crippen LogP contribution >= 0.6 is 0 Å². The fourth-order valence-corrected chi connectivity index (χ4v) is 2.54. The van der Waals surface area contributed by atoms with E-state index in [0.29, 0.717) is 6.54 Å². The Morgan fingerprint density at radius 2 is 1.65 bits per heavy atom. The second-order valence-corrected chi connectivity index (χ2v) is 5.21. The van der Waals surface area contributed by atoms with Crippen LogP contribution in [0.25, 0.3) is 0 Å². The molecule has 0 saturated heterocycles. The third-order valence-corrected chi connectivity index (χ3v) is 3.76. The summed E-state index contributed by atoms with van der Waals surface area (Å²) < 4.78 is 0. The fraction of sp³-hybridized carbons (Fsp3) is 0.333. The quantitative estimate of drug-likeness (QED) is 0.868. The number of nitrogens with two attached hydrogens (primary N) is 1. The van der Waals surface area contributed by atoms with Crippen molar-refractivity contribution in [2.45, 2.75) is 26.4 Å². The second kappa shape index (κ2) is 7.22. The largest absolute Gasteiger partial charge is 0.329 e. The van der Waals surface area contributed by atoms with E-state index in [1.807, 2.05) is 0 Å². The monoisotopic (exact) mass is 268 g/mol. The van der Waals surface area contributed by atoms with Crippen LogP contribution in [0.1, 0.15) is 29.7 Å². The molecular formula is C18H24N2. The van der Waals surface area contributed by atoms with Gasteiger partial charge in [0.05, 0.1) is 0 Å². The topological polar surface area (TPSA) is 29.3 Å². The zero-order valence-electron chi connectivity index (χ0n) is 12.4. The maximum absolute atomic E-state index is 6.03. The fourth-order valence-electron chi connectivity index (χ4n) is 2.54. The molecule has 2 nitrogen and oxygen atoms in total. The number of nitrogens with zero attached hydrogens (tertiary/aromatic N) is 1. The van der Waals surface area contributed by atoms with Gasteiger partial charge in [0.15, 0.2) is 0 Å². The molecule has 0 fully saturated rings. The van der Waals surface area contributed by atoms with Gasteiger partial charge in [0.1, 0.15) is 0 Å². The first-order valence-electron chi connectivity index (χ1n) is 7.29. The Hall–Kier alpha value is -1.64. The van der Waals surface area contributed by atoms with Gasteiger partial charge in [0, 0.05) is 19.1 Å². The zero-order valence-corrected chi connectivity index (χ0v) is 12.4. The van der Waals surface area contributed by atoms with Gasteiger partial charge in [-0.25, -0.2) is 0 Å². The molecule has 0 bridgehead atoms. The lowest BCUT2D eigenvalue weighted by Crippen LogP contribution is -2.33. The van der Waals surface area contributed by atoms with E-state index in [2.05, 4.69) is 73.3 Å². The summed E-state index contributed by atoms with van der Waals surface area (Å²) in [5, 5.41) is 0. The zero-order chi connectivity index (χ0) is 14.4. The van der Waals surface area contributed by atoms with E-state index in [1.165, 1.54) is 16.7 Å². The van der Waals surface area contributed by atoms with Crippen LogP contribution < -0.4 is 5.73 Å². The Morgan fingerprint density at radius 1 is 1.00 bits per heavy atom. The normalized spacial score (nSPS) is 12.6. The predicted molar refractivity (Wildman–Crippen MR) is 85.5 cm³/mol. The summed E-state index contributed by atoms with van der Waals surface area (Å²) in [6, 6.07) is 19.6. The van der Waals surface area contributed by atoms with Crippen LogP contribution in [0.15, 0.2) is 54.6 Å². The Labute approximate surface area is 122 Å². The Balaban J connectivity index is 2.17. The highest BCUT2D eigenvalue weighted by Gasteiger charge is 2.17. The van der Waals surface area contributed by atoms with Crippen molar-refractivity contribution in [2.75, 3.05) is 13.1 Å². The lowest BCUT2D eigenvalue weighted by molar-refractivity contribution is 0.203. The van der Waals surface area contributed by atoms with Crippen LogP contribution in [0.5, 0.6) is 0 Å². The molecule has 0 spiro atoms. The summed E-state index contributed by atoms with van der Waals surface area (Å²) >= 11 is 0. The molecule has 0 aliphatic rings. The molecule has 2 rings (SSSR count). The third kappa shape index (κ3) is 3.69. The van der Waals surface area contributed by atoms with E-state index in [-0.39, 0.29) is 6.04 Å². The van der Waals surface area contributed by atoms with Gasteiger partial charge in [-0.1, -0.05) is 67.1 Å². The third-order valence-electron chi connectivity index (χ3n) is 3.76. The minimum atomic E-state index is 0.279. The van der Waals surface area contributed by atoms with E-state index >= 15 is 0 Å². The highest BCUT2D eigenvalue weighted by Crippen LogP contribution is 2.22. The summed E-state index contributed by atoms with van der Waals surface area (Å²) in [4.78, 5) is 2.43. The van der Waals surface area contributed by atoms with Crippen LogP contribution in [0.2, 0.25) is 0 Å². The molecule has 0 saturated carbocycles. The molecule has 0 radical (unpaired) electrons. The Kier molecular flexibility index (Phi) is 5.33. The average Bonchev–Trinajstić information content (AvgIpc) is 2.49. The summed E-state index contributed by atoms with van der Waals surface area (Å²) in [7, 11) is 0. The molecule has 0 aromatic heterocycles. The van der Waals surface area contributed by atoms with Gasteiger partial charge in [0.25, 0.3) is 0 Å². The average molecular weight is 268 g/mol.